The molecule has 2 aliphatic heterocycles. The van der Waals surface area contributed by atoms with Crippen LogP contribution >= 0.6 is 11.3 Å². The van der Waals surface area contributed by atoms with E-state index in [1.165, 1.54) is 59.6 Å². The van der Waals surface area contributed by atoms with Gasteiger partial charge in [0.05, 0.1) is 15.2 Å². The van der Waals surface area contributed by atoms with E-state index < -0.39 is 0 Å². The first-order chi connectivity index (χ1) is 12.0. The van der Waals surface area contributed by atoms with Crippen LogP contribution in [0.2, 0.25) is 0 Å². The van der Waals surface area contributed by atoms with Gasteiger partial charge in [0, 0.05) is 12.5 Å². The summed E-state index contributed by atoms with van der Waals surface area (Å²) >= 11 is 1.90. The second kappa shape index (κ2) is 6.98. The van der Waals surface area contributed by atoms with Gasteiger partial charge in [0.1, 0.15) is 0 Å². The molecule has 136 valence electrons. The Bertz CT molecular complexity index is 722. The molecule has 2 fully saturated rings. The summed E-state index contributed by atoms with van der Waals surface area (Å²) in [5.41, 5.74) is 3.04. The third-order valence-electron chi connectivity index (χ3n) is 6.29. The number of hydrogen-bond acceptors (Lipinski definition) is 4. The highest BCUT2D eigenvalue weighted by molar-refractivity contribution is 7.18. The highest BCUT2D eigenvalue weighted by Crippen LogP contribution is 2.37. The van der Waals surface area contributed by atoms with Crippen molar-refractivity contribution in [3.8, 4) is 0 Å². The minimum atomic E-state index is 0.421. The van der Waals surface area contributed by atoms with E-state index in [1.54, 1.807) is 0 Å². The van der Waals surface area contributed by atoms with Gasteiger partial charge in [0.15, 0.2) is 0 Å². The zero-order chi connectivity index (χ0) is 17.4. The molecule has 0 spiro atoms. The minimum absolute atomic E-state index is 0.421. The van der Waals surface area contributed by atoms with E-state index >= 15 is 0 Å². The lowest BCUT2D eigenvalue weighted by Crippen LogP contribution is -2.37. The number of benzene rings is 1. The van der Waals surface area contributed by atoms with Gasteiger partial charge in [-0.15, -0.1) is 11.3 Å². The van der Waals surface area contributed by atoms with Gasteiger partial charge in [-0.25, -0.2) is 4.98 Å². The molecule has 4 heteroatoms. The van der Waals surface area contributed by atoms with Crippen LogP contribution in [0.15, 0.2) is 18.2 Å². The zero-order valence-corrected chi connectivity index (χ0v) is 16.7. The predicted octanol–water partition coefficient (Wildman–Crippen LogP) is 4.63. The van der Waals surface area contributed by atoms with E-state index in [0.29, 0.717) is 11.5 Å². The summed E-state index contributed by atoms with van der Waals surface area (Å²) in [5, 5.41) is 5.03. The van der Waals surface area contributed by atoms with Crippen molar-refractivity contribution in [1.82, 2.24) is 15.2 Å². The summed E-state index contributed by atoms with van der Waals surface area (Å²) in [6, 6.07) is 7.45. The van der Waals surface area contributed by atoms with Crippen LogP contribution in [0.4, 0.5) is 0 Å². The lowest BCUT2D eigenvalue weighted by Gasteiger charge is -2.37. The van der Waals surface area contributed by atoms with Crippen molar-refractivity contribution in [1.29, 1.82) is 0 Å². The third-order valence-corrected chi connectivity index (χ3v) is 7.33. The fraction of sp³-hybridized carbons (Fsp3) is 0.667. The van der Waals surface area contributed by atoms with Crippen LogP contribution in [0.25, 0.3) is 10.2 Å². The molecule has 4 rings (SSSR count). The Kier molecular flexibility index (Phi) is 4.87. The van der Waals surface area contributed by atoms with Crippen molar-refractivity contribution in [2.45, 2.75) is 52.0 Å². The highest BCUT2D eigenvalue weighted by atomic mass is 32.1. The van der Waals surface area contributed by atoms with Gasteiger partial charge in [-0.05, 0) is 81.4 Å². The lowest BCUT2D eigenvalue weighted by atomic mass is 9.78. The largest absolute Gasteiger partial charge is 0.310 e. The van der Waals surface area contributed by atoms with E-state index in [9.17, 15) is 0 Å². The molecule has 0 unspecified atom stereocenters. The molecule has 3 heterocycles. The van der Waals surface area contributed by atoms with Gasteiger partial charge in [0.2, 0.25) is 0 Å². The summed E-state index contributed by atoms with van der Waals surface area (Å²) < 4.78 is 1.35. The van der Waals surface area contributed by atoms with Crippen LogP contribution in [0.1, 0.15) is 56.1 Å². The maximum atomic E-state index is 5.02. The van der Waals surface area contributed by atoms with Gasteiger partial charge >= 0.3 is 0 Å². The van der Waals surface area contributed by atoms with Crippen LogP contribution in [0.5, 0.6) is 0 Å². The van der Waals surface area contributed by atoms with E-state index in [-0.39, 0.29) is 0 Å². The fourth-order valence-electron chi connectivity index (χ4n) is 4.27. The molecule has 2 saturated heterocycles. The minimum Gasteiger partial charge on any atom is -0.310 e. The van der Waals surface area contributed by atoms with Crippen molar-refractivity contribution in [3.05, 3.63) is 28.8 Å². The Balaban J connectivity index is 1.50. The molecule has 0 amide bonds. The lowest BCUT2D eigenvalue weighted by molar-refractivity contribution is 0.139. The maximum absolute atomic E-state index is 5.02. The first-order valence-corrected chi connectivity index (χ1v) is 10.6. The first kappa shape index (κ1) is 17.4. The molecule has 1 aromatic carbocycles. The standard InChI is InChI=1S/C21H31N3S/c1-15-4-6-17(22-14-15)16-5-7-19-18(12-16)23-20(25-19)13-21(2)8-10-24(3)11-9-21/h5,7,12,15,17,22H,4,6,8-11,13-14H2,1-3H3/t15-,17+/m0/s1. The number of nitrogens with zero attached hydrogens (tertiary/aromatic N) is 2. The van der Waals surface area contributed by atoms with Crippen molar-refractivity contribution in [2.24, 2.45) is 11.3 Å². The molecule has 0 radical (unpaired) electrons. The number of piperidine rings is 2. The van der Waals surface area contributed by atoms with Gasteiger partial charge in [-0.2, -0.15) is 0 Å². The van der Waals surface area contributed by atoms with Crippen molar-refractivity contribution < 1.29 is 0 Å². The van der Waals surface area contributed by atoms with Gasteiger partial charge in [-0.3, -0.25) is 0 Å². The van der Waals surface area contributed by atoms with Crippen LogP contribution in [-0.4, -0.2) is 36.6 Å². The summed E-state index contributed by atoms with van der Waals surface area (Å²) in [5.74, 6) is 0.807. The quantitative estimate of drug-likeness (QED) is 0.868. The van der Waals surface area contributed by atoms with Crippen molar-refractivity contribution in [3.63, 3.8) is 0 Å². The van der Waals surface area contributed by atoms with Crippen LogP contribution in [-0.2, 0) is 6.42 Å². The Morgan fingerprint density at radius 1 is 1.28 bits per heavy atom. The highest BCUT2D eigenvalue weighted by Gasteiger charge is 2.30. The molecule has 25 heavy (non-hydrogen) atoms. The predicted molar refractivity (Wildman–Crippen MR) is 107 cm³/mol. The molecule has 2 aromatic rings. The van der Waals surface area contributed by atoms with Gasteiger partial charge in [0.25, 0.3) is 0 Å². The Hall–Kier alpha value is -0.970. The second-order valence-corrected chi connectivity index (χ2v) is 9.88. The average Bonchev–Trinajstić information content (AvgIpc) is 2.99. The van der Waals surface area contributed by atoms with E-state index in [2.05, 4.69) is 49.3 Å². The van der Waals surface area contributed by atoms with Crippen molar-refractivity contribution >= 4 is 21.6 Å². The number of rotatable bonds is 3. The molecular formula is C21H31N3S. The van der Waals surface area contributed by atoms with E-state index in [1.807, 2.05) is 11.3 Å². The summed E-state index contributed by atoms with van der Waals surface area (Å²) in [6.45, 7) is 8.36. The molecule has 0 bridgehead atoms. The number of fused-ring (bicyclic) bond motifs is 1. The Labute approximate surface area is 155 Å². The summed E-state index contributed by atoms with van der Waals surface area (Å²) in [4.78, 5) is 7.47. The maximum Gasteiger partial charge on any atom is 0.0944 e. The monoisotopic (exact) mass is 357 g/mol. The second-order valence-electron chi connectivity index (χ2n) is 8.77. The zero-order valence-electron chi connectivity index (χ0n) is 15.8. The van der Waals surface area contributed by atoms with E-state index in [4.69, 9.17) is 4.98 Å². The number of aromatic nitrogens is 1. The van der Waals surface area contributed by atoms with Crippen LogP contribution < -0.4 is 5.32 Å². The number of nitrogens with one attached hydrogen (secondary N) is 1. The Morgan fingerprint density at radius 2 is 2.08 bits per heavy atom. The molecule has 0 aliphatic carbocycles. The SMILES string of the molecule is C[C@H]1CC[C@H](c2ccc3sc(CC4(C)CCN(C)CC4)nc3c2)NC1. The number of thiazole rings is 1. The van der Waals surface area contributed by atoms with Gasteiger partial charge < -0.3 is 10.2 Å². The summed E-state index contributed by atoms with van der Waals surface area (Å²) in [7, 11) is 2.23. The number of hydrogen-bond donors (Lipinski definition) is 1. The number of likely N-dealkylation sites (tertiary alicyclic amines) is 1. The summed E-state index contributed by atoms with van der Waals surface area (Å²) in [6.07, 6.45) is 6.28. The Morgan fingerprint density at radius 3 is 2.80 bits per heavy atom. The smallest absolute Gasteiger partial charge is 0.0944 e. The molecule has 1 N–H and O–H groups in total. The first-order valence-electron chi connectivity index (χ1n) is 9.82. The molecule has 2 aliphatic rings. The third kappa shape index (κ3) is 3.91. The van der Waals surface area contributed by atoms with Crippen molar-refractivity contribution in [2.75, 3.05) is 26.7 Å². The average molecular weight is 358 g/mol. The van der Waals surface area contributed by atoms with Crippen LogP contribution in [0, 0.1) is 11.3 Å². The normalized spacial score (nSPS) is 27.6. The van der Waals surface area contributed by atoms with Gasteiger partial charge in [-0.1, -0.05) is 19.9 Å². The molecular weight excluding hydrogens is 326 g/mol. The molecule has 2 atom stereocenters. The molecule has 3 nitrogen and oxygen atoms in total. The molecule has 1 aromatic heterocycles. The van der Waals surface area contributed by atoms with Crippen LogP contribution in [0.3, 0.4) is 0 Å². The van der Waals surface area contributed by atoms with E-state index in [0.717, 1.165) is 18.9 Å². The fourth-order valence-corrected chi connectivity index (χ4v) is 5.43. The topological polar surface area (TPSA) is 28.2 Å². The molecule has 0 saturated carbocycles.